The number of methoxy groups -OCH3 is 1. The molecule has 0 aliphatic rings. The monoisotopic (exact) mass is 440 g/mol. The van der Waals surface area contributed by atoms with Crippen LogP contribution in [0.15, 0.2) is 56.5 Å². The lowest BCUT2D eigenvalue weighted by atomic mass is 10.2. The third-order valence-electron chi connectivity index (χ3n) is 5.06. The second-order valence-electron chi connectivity index (χ2n) is 7.31. The zero-order valence-electron chi connectivity index (χ0n) is 18.3. The Bertz CT molecular complexity index is 1160. The van der Waals surface area contributed by atoms with Crippen molar-refractivity contribution in [2.24, 2.45) is 0 Å². The fourth-order valence-electron chi connectivity index (χ4n) is 3.46. The first-order valence-corrected chi connectivity index (χ1v) is 10.5. The first kappa shape index (κ1) is 23.1. The third kappa shape index (κ3) is 5.17. The normalized spacial score (nSPS) is 10.9. The van der Waals surface area contributed by atoms with Crippen molar-refractivity contribution in [3.8, 4) is 11.3 Å². The average molecular weight is 441 g/mol. The number of carbonyl (C=O) groups is 1. The molecule has 1 amide bonds. The van der Waals surface area contributed by atoms with E-state index in [0.717, 1.165) is 11.3 Å². The quantitative estimate of drug-likeness (QED) is 0.499. The molecular formula is C23H28N4O5. The number of amides is 1. The number of aromatic amines is 1. The van der Waals surface area contributed by atoms with E-state index in [-0.39, 0.29) is 37.0 Å². The predicted octanol–water partition coefficient (Wildman–Crippen LogP) is 2.40. The molecule has 0 aliphatic carbocycles. The second kappa shape index (κ2) is 10.6. The van der Waals surface area contributed by atoms with Crippen molar-refractivity contribution in [1.82, 2.24) is 9.55 Å². The van der Waals surface area contributed by atoms with E-state index in [0.29, 0.717) is 25.1 Å². The molecule has 0 radical (unpaired) electrons. The predicted molar refractivity (Wildman–Crippen MR) is 123 cm³/mol. The third-order valence-corrected chi connectivity index (χ3v) is 5.06. The zero-order chi connectivity index (χ0) is 23.1. The van der Waals surface area contributed by atoms with E-state index in [2.05, 4.69) is 4.98 Å². The van der Waals surface area contributed by atoms with Gasteiger partial charge in [-0.3, -0.25) is 19.1 Å². The largest absolute Gasteiger partial charge is 0.461 e. The Morgan fingerprint density at radius 3 is 2.62 bits per heavy atom. The van der Waals surface area contributed by atoms with Crippen LogP contribution in [0.2, 0.25) is 0 Å². The number of H-pyrrole nitrogens is 1. The topological polar surface area (TPSA) is 124 Å². The Morgan fingerprint density at radius 1 is 1.19 bits per heavy atom. The van der Waals surface area contributed by atoms with Crippen LogP contribution in [0.3, 0.4) is 0 Å². The molecule has 3 aromatic rings. The summed E-state index contributed by atoms with van der Waals surface area (Å²) in [4.78, 5) is 41.3. The molecule has 0 aliphatic heterocycles. The molecule has 9 heteroatoms. The van der Waals surface area contributed by atoms with Gasteiger partial charge in [-0.2, -0.15) is 0 Å². The summed E-state index contributed by atoms with van der Waals surface area (Å²) in [6.07, 6.45) is 1.09. The number of nitrogens with zero attached hydrogens (tertiary/aromatic N) is 2. The second-order valence-corrected chi connectivity index (χ2v) is 7.31. The lowest BCUT2D eigenvalue weighted by Crippen LogP contribution is -2.42. The zero-order valence-corrected chi connectivity index (χ0v) is 18.3. The first-order chi connectivity index (χ1) is 15.5. The molecule has 0 unspecified atom stereocenters. The summed E-state index contributed by atoms with van der Waals surface area (Å²) in [5.41, 5.74) is 5.76. The van der Waals surface area contributed by atoms with E-state index in [1.54, 1.807) is 0 Å². The van der Waals surface area contributed by atoms with Crippen molar-refractivity contribution in [1.29, 1.82) is 0 Å². The van der Waals surface area contributed by atoms with Gasteiger partial charge in [0.25, 0.3) is 5.56 Å². The lowest BCUT2D eigenvalue weighted by molar-refractivity contribution is -0.118. The number of hydrogen-bond acceptors (Lipinski definition) is 6. The van der Waals surface area contributed by atoms with Gasteiger partial charge in [0, 0.05) is 38.6 Å². The van der Waals surface area contributed by atoms with Crippen LogP contribution in [0.4, 0.5) is 11.5 Å². The maximum absolute atomic E-state index is 13.1. The maximum Gasteiger partial charge on any atom is 0.330 e. The van der Waals surface area contributed by atoms with E-state index in [4.69, 9.17) is 14.9 Å². The summed E-state index contributed by atoms with van der Waals surface area (Å²) in [6.45, 7) is 2.55. The molecule has 0 fully saturated rings. The summed E-state index contributed by atoms with van der Waals surface area (Å²) >= 11 is 0. The van der Waals surface area contributed by atoms with Gasteiger partial charge in [0.1, 0.15) is 17.3 Å². The van der Waals surface area contributed by atoms with Gasteiger partial charge in [0.2, 0.25) is 5.91 Å². The molecule has 0 spiro atoms. The Hall–Kier alpha value is -3.59. The van der Waals surface area contributed by atoms with Gasteiger partial charge in [0.15, 0.2) is 5.69 Å². The van der Waals surface area contributed by atoms with E-state index in [1.807, 2.05) is 49.4 Å². The number of carbonyl (C=O) groups excluding carboxylic acids is 1. The van der Waals surface area contributed by atoms with Crippen molar-refractivity contribution < 1.29 is 13.9 Å². The number of aromatic nitrogens is 2. The Labute approximate surface area is 185 Å². The van der Waals surface area contributed by atoms with Crippen LogP contribution in [0, 0.1) is 0 Å². The highest BCUT2D eigenvalue weighted by atomic mass is 16.5. The first-order valence-electron chi connectivity index (χ1n) is 10.5. The Kier molecular flexibility index (Phi) is 7.67. The number of nitrogens with two attached hydrogens (primary N) is 1. The van der Waals surface area contributed by atoms with Gasteiger partial charge in [0.05, 0.1) is 6.61 Å². The van der Waals surface area contributed by atoms with E-state index in [1.165, 1.54) is 16.6 Å². The summed E-state index contributed by atoms with van der Waals surface area (Å²) in [5.74, 6) is 1.02. The number of ether oxygens (including phenoxy) is 1. The smallest absolute Gasteiger partial charge is 0.330 e. The Morgan fingerprint density at radius 2 is 1.94 bits per heavy atom. The summed E-state index contributed by atoms with van der Waals surface area (Å²) < 4.78 is 12.2. The van der Waals surface area contributed by atoms with Crippen molar-refractivity contribution in [3.05, 3.63) is 69.1 Å². The van der Waals surface area contributed by atoms with Gasteiger partial charge in [-0.1, -0.05) is 37.3 Å². The molecular weight excluding hydrogens is 412 g/mol. The van der Waals surface area contributed by atoms with Crippen molar-refractivity contribution in [2.75, 3.05) is 30.9 Å². The molecule has 0 atom stereocenters. The van der Waals surface area contributed by atoms with Crippen LogP contribution >= 0.6 is 0 Å². The molecule has 0 saturated heterocycles. The van der Waals surface area contributed by atoms with E-state index in [9.17, 15) is 14.4 Å². The summed E-state index contributed by atoms with van der Waals surface area (Å²) in [7, 11) is 1.50. The number of nitrogens with one attached hydrogen (secondary N) is 1. The van der Waals surface area contributed by atoms with Crippen LogP contribution in [0.25, 0.3) is 11.3 Å². The highest BCUT2D eigenvalue weighted by molar-refractivity contribution is 5.95. The van der Waals surface area contributed by atoms with Gasteiger partial charge < -0.3 is 19.8 Å². The molecule has 1 aromatic carbocycles. The van der Waals surface area contributed by atoms with Gasteiger partial charge in [-0.05, 0) is 18.6 Å². The number of nitrogen functional groups attached to an aromatic ring is 1. The number of furan rings is 1. The minimum atomic E-state index is -0.700. The highest BCUT2D eigenvalue weighted by Gasteiger charge is 2.24. The standard InChI is InChI=1S/C23H28N4O5/c1-3-13-27-21(24)20(22(29)25-23(27)30)26(14-15-31-2)19(28)12-10-17-9-11-18(32-17)16-7-5-4-6-8-16/h4-9,11H,3,10,12-15,24H2,1-2H3,(H,25,29,30). The average Bonchev–Trinajstić information content (AvgIpc) is 3.27. The fraction of sp³-hybridized carbons (Fsp3) is 0.348. The fourth-order valence-corrected chi connectivity index (χ4v) is 3.46. The van der Waals surface area contributed by atoms with Crippen molar-refractivity contribution in [2.45, 2.75) is 32.7 Å². The highest BCUT2D eigenvalue weighted by Crippen LogP contribution is 2.23. The molecule has 2 heterocycles. The number of rotatable bonds is 10. The Balaban J connectivity index is 1.82. The number of hydrogen-bond donors (Lipinski definition) is 2. The minimum absolute atomic E-state index is 0.0329. The van der Waals surface area contributed by atoms with Crippen LogP contribution in [0.1, 0.15) is 25.5 Å². The summed E-state index contributed by atoms with van der Waals surface area (Å²) in [5, 5.41) is 0. The molecule has 9 nitrogen and oxygen atoms in total. The molecule has 0 saturated carbocycles. The van der Waals surface area contributed by atoms with Crippen LogP contribution in [-0.4, -0.2) is 35.7 Å². The lowest BCUT2D eigenvalue weighted by Gasteiger charge is -2.24. The number of benzene rings is 1. The van der Waals surface area contributed by atoms with Crippen molar-refractivity contribution >= 4 is 17.4 Å². The van der Waals surface area contributed by atoms with E-state index < -0.39 is 11.2 Å². The number of aryl methyl sites for hydroxylation is 1. The molecule has 0 bridgehead atoms. The van der Waals surface area contributed by atoms with Crippen molar-refractivity contribution in [3.63, 3.8) is 0 Å². The molecule has 170 valence electrons. The van der Waals surface area contributed by atoms with Crippen LogP contribution in [0.5, 0.6) is 0 Å². The van der Waals surface area contributed by atoms with Gasteiger partial charge in [-0.25, -0.2) is 4.79 Å². The van der Waals surface area contributed by atoms with Crippen LogP contribution in [-0.2, 0) is 22.5 Å². The molecule has 2 aromatic heterocycles. The molecule has 32 heavy (non-hydrogen) atoms. The van der Waals surface area contributed by atoms with E-state index >= 15 is 0 Å². The van der Waals surface area contributed by atoms with Crippen LogP contribution < -0.4 is 21.9 Å². The van der Waals surface area contributed by atoms with Gasteiger partial charge in [-0.15, -0.1) is 0 Å². The van der Waals surface area contributed by atoms with Gasteiger partial charge >= 0.3 is 5.69 Å². The molecule has 3 rings (SSSR count). The number of anilines is 2. The minimum Gasteiger partial charge on any atom is -0.461 e. The SMILES string of the molecule is CCCn1c(N)c(N(CCOC)C(=O)CCc2ccc(-c3ccccc3)o2)c(=O)[nH]c1=O. The maximum atomic E-state index is 13.1. The molecule has 3 N–H and O–H groups in total. The summed E-state index contributed by atoms with van der Waals surface area (Å²) in [6, 6.07) is 13.4.